The van der Waals surface area contributed by atoms with E-state index in [4.69, 9.17) is 4.74 Å². The molecule has 1 aromatic carbocycles. The second kappa shape index (κ2) is 5.30. The van der Waals surface area contributed by atoms with Gasteiger partial charge in [0.1, 0.15) is 5.82 Å². The first-order chi connectivity index (χ1) is 8.31. The number of methoxy groups -OCH3 is 1. The van der Waals surface area contributed by atoms with Crippen LogP contribution in [0.2, 0.25) is 0 Å². The maximum Gasteiger partial charge on any atom is 0.169 e. The third-order valence-electron chi connectivity index (χ3n) is 2.39. The summed E-state index contributed by atoms with van der Waals surface area (Å²) in [6, 6.07) is 10.2. The summed E-state index contributed by atoms with van der Waals surface area (Å²) in [5.41, 5.74) is 0.597. The number of hydrogen-bond donors (Lipinski definition) is 1. The second-order valence-electron chi connectivity index (χ2n) is 3.50. The van der Waals surface area contributed by atoms with E-state index in [0.717, 1.165) is 0 Å². The van der Waals surface area contributed by atoms with E-state index in [2.05, 4.69) is 10.3 Å². The van der Waals surface area contributed by atoms with E-state index >= 15 is 0 Å². The fourth-order valence-corrected chi connectivity index (χ4v) is 1.51. The molecule has 0 aliphatic carbocycles. The largest absolute Gasteiger partial charge is 0.493 e. The number of hydrogen-bond acceptors (Lipinski definition) is 3. The molecule has 2 rings (SSSR count). The van der Waals surface area contributed by atoms with Gasteiger partial charge >= 0.3 is 0 Å². The van der Waals surface area contributed by atoms with Gasteiger partial charge in [0.25, 0.3) is 0 Å². The molecule has 88 valence electrons. The molecular formula is C13H13FN2O. The van der Waals surface area contributed by atoms with Gasteiger partial charge < -0.3 is 10.1 Å². The minimum atomic E-state index is -0.227. The zero-order valence-electron chi connectivity index (χ0n) is 9.48. The van der Waals surface area contributed by atoms with E-state index in [1.807, 2.05) is 0 Å². The van der Waals surface area contributed by atoms with Crippen LogP contribution in [0.1, 0.15) is 5.56 Å². The van der Waals surface area contributed by atoms with Gasteiger partial charge in [0.15, 0.2) is 11.6 Å². The standard InChI is InChI=1S/C13H13FN2O/c1-17-12-7-4-8-15-13(12)16-9-10-5-2-3-6-11(10)14/h2-8H,9H2,1H3,(H,15,16). The van der Waals surface area contributed by atoms with Crippen molar-refractivity contribution in [3.8, 4) is 5.75 Å². The molecule has 0 spiro atoms. The van der Waals surface area contributed by atoms with E-state index in [1.54, 1.807) is 43.6 Å². The highest BCUT2D eigenvalue weighted by atomic mass is 19.1. The maximum absolute atomic E-state index is 13.4. The molecule has 17 heavy (non-hydrogen) atoms. The Labute approximate surface area is 99.3 Å². The third kappa shape index (κ3) is 2.72. The summed E-state index contributed by atoms with van der Waals surface area (Å²) < 4.78 is 18.5. The van der Waals surface area contributed by atoms with Crippen LogP contribution in [0.5, 0.6) is 5.75 Å². The molecule has 0 saturated carbocycles. The Morgan fingerprint density at radius 2 is 2.06 bits per heavy atom. The summed E-state index contributed by atoms with van der Waals surface area (Å²) >= 11 is 0. The molecule has 0 aliphatic rings. The molecule has 0 radical (unpaired) electrons. The quantitative estimate of drug-likeness (QED) is 0.880. The van der Waals surface area contributed by atoms with Crippen molar-refractivity contribution in [3.05, 3.63) is 54.0 Å². The van der Waals surface area contributed by atoms with Crippen LogP contribution in [0.25, 0.3) is 0 Å². The van der Waals surface area contributed by atoms with Crippen molar-refractivity contribution in [1.82, 2.24) is 4.98 Å². The lowest BCUT2D eigenvalue weighted by Crippen LogP contribution is -2.04. The van der Waals surface area contributed by atoms with E-state index in [0.29, 0.717) is 23.7 Å². The number of ether oxygens (including phenoxy) is 1. The van der Waals surface area contributed by atoms with E-state index in [9.17, 15) is 4.39 Å². The van der Waals surface area contributed by atoms with Gasteiger partial charge in [-0.25, -0.2) is 9.37 Å². The van der Waals surface area contributed by atoms with Crippen LogP contribution in [0.3, 0.4) is 0 Å². The lowest BCUT2D eigenvalue weighted by Gasteiger charge is -2.09. The van der Waals surface area contributed by atoms with Crippen molar-refractivity contribution in [1.29, 1.82) is 0 Å². The van der Waals surface area contributed by atoms with Crippen LogP contribution in [-0.2, 0) is 6.54 Å². The lowest BCUT2D eigenvalue weighted by atomic mass is 10.2. The Bertz CT molecular complexity index is 502. The van der Waals surface area contributed by atoms with Crippen LogP contribution < -0.4 is 10.1 Å². The Morgan fingerprint density at radius 1 is 1.24 bits per heavy atom. The van der Waals surface area contributed by atoms with Crippen LogP contribution in [-0.4, -0.2) is 12.1 Å². The topological polar surface area (TPSA) is 34.1 Å². The fraction of sp³-hybridized carbons (Fsp3) is 0.154. The summed E-state index contributed by atoms with van der Waals surface area (Å²) in [5, 5.41) is 3.05. The zero-order chi connectivity index (χ0) is 12.1. The first-order valence-corrected chi connectivity index (χ1v) is 5.27. The van der Waals surface area contributed by atoms with E-state index < -0.39 is 0 Å². The van der Waals surface area contributed by atoms with Crippen LogP contribution in [0.15, 0.2) is 42.6 Å². The molecule has 3 nitrogen and oxygen atoms in total. The maximum atomic E-state index is 13.4. The van der Waals surface area contributed by atoms with Gasteiger partial charge in [-0.1, -0.05) is 18.2 Å². The number of aromatic nitrogens is 1. The SMILES string of the molecule is COc1cccnc1NCc1ccccc1F. The molecule has 2 aromatic rings. The average molecular weight is 232 g/mol. The summed E-state index contributed by atoms with van der Waals surface area (Å²) in [6.45, 7) is 0.375. The number of pyridine rings is 1. The van der Waals surface area contributed by atoms with Gasteiger partial charge in [0.2, 0.25) is 0 Å². The molecule has 0 aliphatic heterocycles. The van der Waals surface area contributed by atoms with Crippen molar-refractivity contribution in [2.75, 3.05) is 12.4 Å². The molecule has 0 amide bonds. The predicted molar refractivity (Wildman–Crippen MR) is 64.5 cm³/mol. The van der Waals surface area contributed by atoms with Crippen LogP contribution in [0, 0.1) is 5.82 Å². The molecular weight excluding hydrogens is 219 g/mol. The van der Waals surface area contributed by atoms with Crippen molar-refractivity contribution < 1.29 is 9.13 Å². The van der Waals surface area contributed by atoms with Crippen molar-refractivity contribution in [2.24, 2.45) is 0 Å². The summed E-state index contributed by atoms with van der Waals surface area (Å²) in [6.07, 6.45) is 1.66. The predicted octanol–water partition coefficient (Wildman–Crippen LogP) is 2.84. The Kier molecular flexibility index (Phi) is 3.55. The first kappa shape index (κ1) is 11.4. The second-order valence-corrected chi connectivity index (χ2v) is 3.50. The average Bonchev–Trinajstić information content (AvgIpc) is 2.38. The molecule has 4 heteroatoms. The molecule has 0 fully saturated rings. The molecule has 1 heterocycles. The summed E-state index contributed by atoms with van der Waals surface area (Å²) in [4.78, 5) is 4.14. The third-order valence-corrected chi connectivity index (χ3v) is 2.39. The highest BCUT2D eigenvalue weighted by Crippen LogP contribution is 2.20. The van der Waals surface area contributed by atoms with Gasteiger partial charge in [0, 0.05) is 18.3 Å². The number of anilines is 1. The molecule has 0 bridgehead atoms. The van der Waals surface area contributed by atoms with E-state index in [-0.39, 0.29) is 5.82 Å². The molecule has 0 unspecified atom stereocenters. The zero-order valence-corrected chi connectivity index (χ0v) is 9.48. The normalized spacial score (nSPS) is 10.0. The number of halogens is 1. The van der Waals surface area contributed by atoms with Gasteiger partial charge in [-0.15, -0.1) is 0 Å². The molecule has 1 aromatic heterocycles. The molecule has 1 N–H and O–H groups in total. The lowest BCUT2D eigenvalue weighted by molar-refractivity contribution is 0.414. The number of nitrogens with one attached hydrogen (secondary N) is 1. The first-order valence-electron chi connectivity index (χ1n) is 5.27. The fourth-order valence-electron chi connectivity index (χ4n) is 1.51. The Hall–Kier alpha value is -2.10. The minimum Gasteiger partial charge on any atom is -0.493 e. The Morgan fingerprint density at radius 3 is 2.82 bits per heavy atom. The highest BCUT2D eigenvalue weighted by molar-refractivity contribution is 5.49. The minimum absolute atomic E-state index is 0.227. The van der Waals surface area contributed by atoms with Crippen molar-refractivity contribution in [2.45, 2.75) is 6.54 Å². The van der Waals surface area contributed by atoms with Gasteiger partial charge in [0.05, 0.1) is 7.11 Å². The van der Waals surface area contributed by atoms with Crippen molar-refractivity contribution >= 4 is 5.82 Å². The van der Waals surface area contributed by atoms with Crippen LogP contribution in [0.4, 0.5) is 10.2 Å². The number of benzene rings is 1. The summed E-state index contributed by atoms with van der Waals surface area (Å²) in [5.74, 6) is 1.02. The number of rotatable bonds is 4. The molecule has 0 saturated heterocycles. The monoisotopic (exact) mass is 232 g/mol. The molecule has 0 atom stereocenters. The van der Waals surface area contributed by atoms with E-state index in [1.165, 1.54) is 6.07 Å². The number of nitrogens with zero attached hydrogens (tertiary/aromatic N) is 1. The summed E-state index contributed by atoms with van der Waals surface area (Å²) in [7, 11) is 1.57. The van der Waals surface area contributed by atoms with Gasteiger partial charge in [-0.2, -0.15) is 0 Å². The highest BCUT2D eigenvalue weighted by Gasteiger charge is 2.04. The Balaban J connectivity index is 2.10. The smallest absolute Gasteiger partial charge is 0.169 e. The van der Waals surface area contributed by atoms with Gasteiger partial charge in [-0.05, 0) is 18.2 Å². The van der Waals surface area contributed by atoms with Crippen molar-refractivity contribution in [3.63, 3.8) is 0 Å². The van der Waals surface area contributed by atoms with Gasteiger partial charge in [-0.3, -0.25) is 0 Å². The van der Waals surface area contributed by atoms with Crippen LogP contribution >= 0.6 is 0 Å².